The van der Waals surface area contributed by atoms with E-state index in [9.17, 15) is 9.90 Å². The van der Waals surface area contributed by atoms with Crippen LogP contribution >= 0.6 is 11.3 Å². The fraction of sp³-hybridized carbons (Fsp3) is 0.615. The van der Waals surface area contributed by atoms with Gasteiger partial charge in [0.25, 0.3) is 5.91 Å². The van der Waals surface area contributed by atoms with E-state index in [1.165, 1.54) is 10.4 Å². The number of hydrogen-bond acceptors (Lipinski definition) is 3. The molecule has 0 radical (unpaired) electrons. The van der Waals surface area contributed by atoms with Gasteiger partial charge in [0, 0.05) is 10.9 Å². The lowest BCUT2D eigenvalue weighted by atomic mass is 9.89. The van der Waals surface area contributed by atoms with Crippen LogP contribution in [0.25, 0.3) is 0 Å². The molecule has 1 heterocycles. The number of hydrogen-bond donors (Lipinski definition) is 2. The summed E-state index contributed by atoms with van der Waals surface area (Å²) in [6, 6.07) is 2.17. The third kappa shape index (κ3) is 2.87. The summed E-state index contributed by atoms with van der Waals surface area (Å²) in [5.41, 5.74) is 1.29. The lowest BCUT2D eigenvalue weighted by molar-refractivity contribution is 0.0564. The fourth-order valence-corrected chi connectivity index (χ4v) is 3.09. The van der Waals surface area contributed by atoms with Crippen LogP contribution in [0.5, 0.6) is 0 Å². The number of nitrogens with one attached hydrogen (secondary N) is 1. The van der Waals surface area contributed by atoms with Crippen molar-refractivity contribution in [2.24, 2.45) is 0 Å². The van der Waals surface area contributed by atoms with E-state index in [0.717, 1.165) is 17.7 Å². The van der Waals surface area contributed by atoms with E-state index < -0.39 is 0 Å². The van der Waals surface area contributed by atoms with Gasteiger partial charge in [0.2, 0.25) is 0 Å². The molecule has 4 heteroatoms. The molecule has 1 aromatic rings. The van der Waals surface area contributed by atoms with Gasteiger partial charge < -0.3 is 10.4 Å². The highest BCUT2D eigenvalue weighted by molar-refractivity contribution is 7.14. The Hall–Kier alpha value is -0.870. The minimum absolute atomic E-state index is 0.0114. The second-order valence-electron chi connectivity index (χ2n) is 4.74. The average molecular weight is 253 g/mol. The number of aryl methyl sites for hydroxylation is 2. The van der Waals surface area contributed by atoms with Gasteiger partial charge in [-0.05, 0) is 37.8 Å². The van der Waals surface area contributed by atoms with Crippen LogP contribution in [0.4, 0.5) is 0 Å². The zero-order valence-corrected chi connectivity index (χ0v) is 11.1. The summed E-state index contributed by atoms with van der Waals surface area (Å²) in [5, 5.41) is 12.1. The number of thiophene rings is 1. The Morgan fingerprint density at radius 1 is 1.59 bits per heavy atom. The van der Waals surface area contributed by atoms with Gasteiger partial charge in [0.1, 0.15) is 0 Å². The predicted octanol–water partition coefficient (Wildman–Crippen LogP) is 2.26. The highest BCUT2D eigenvalue weighted by atomic mass is 32.1. The molecule has 0 atom stereocenters. The summed E-state index contributed by atoms with van der Waals surface area (Å²) in [6.45, 7) is 4.21. The zero-order valence-electron chi connectivity index (χ0n) is 10.3. The first-order valence-corrected chi connectivity index (χ1v) is 7.00. The van der Waals surface area contributed by atoms with Crippen LogP contribution in [-0.4, -0.2) is 23.2 Å². The molecule has 0 bridgehead atoms. The number of aliphatic hydroxyl groups is 1. The Morgan fingerprint density at radius 2 is 2.29 bits per heavy atom. The largest absolute Gasteiger partial charge is 0.393 e. The van der Waals surface area contributed by atoms with Crippen LogP contribution in [0.15, 0.2) is 6.07 Å². The van der Waals surface area contributed by atoms with Crippen LogP contribution in [0.1, 0.15) is 46.3 Å². The third-order valence-electron chi connectivity index (χ3n) is 3.21. The van der Waals surface area contributed by atoms with E-state index in [1.807, 2.05) is 6.07 Å². The van der Waals surface area contributed by atoms with Gasteiger partial charge >= 0.3 is 0 Å². The molecule has 1 aliphatic carbocycles. The molecule has 1 aliphatic rings. The maximum Gasteiger partial charge on any atom is 0.261 e. The smallest absolute Gasteiger partial charge is 0.261 e. The Bertz CT molecular complexity index is 408. The first-order valence-electron chi connectivity index (χ1n) is 6.18. The van der Waals surface area contributed by atoms with Crippen LogP contribution < -0.4 is 5.32 Å². The van der Waals surface area contributed by atoms with Gasteiger partial charge in [0.05, 0.1) is 11.0 Å². The van der Waals surface area contributed by atoms with Gasteiger partial charge in [-0.25, -0.2) is 0 Å². The molecular formula is C13H19NO2S. The molecule has 0 spiro atoms. The van der Waals surface area contributed by atoms with Crippen molar-refractivity contribution in [3.8, 4) is 0 Å². The third-order valence-corrected chi connectivity index (χ3v) is 4.30. The molecule has 0 saturated heterocycles. The second kappa shape index (κ2) is 5.19. The molecular weight excluding hydrogens is 234 g/mol. The quantitative estimate of drug-likeness (QED) is 0.864. The maximum atomic E-state index is 11.9. The first-order chi connectivity index (χ1) is 8.10. The molecule has 1 amide bonds. The Morgan fingerprint density at radius 3 is 2.88 bits per heavy atom. The normalized spacial score (nSPS) is 23.2. The summed E-state index contributed by atoms with van der Waals surface area (Å²) in [6.07, 6.45) is 3.31. The van der Waals surface area contributed by atoms with E-state index in [0.29, 0.717) is 12.8 Å². The van der Waals surface area contributed by atoms with Crippen molar-refractivity contribution in [1.82, 2.24) is 5.32 Å². The van der Waals surface area contributed by atoms with Crippen molar-refractivity contribution in [3.63, 3.8) is 0 Å². The lowest BCUT2D eigenvalue weighted by Gasteiger charge is -2.31. The minimum atomic E-state index is -0.221. The molecule has 1 aromatic heterocycles. The summed E-state index contributed by atoms with van der Waals surface area (Å²) >= 11 is 1.57. The van der Waals surface area contributed by atoms with Gasteiger partial charge in [-0.15, -0.1) is 11.3 Å². The second-order valence-corrected chi connectivity index (χ2v) is 5.99. The van der Waals surface area contributed by atoms with Crippen molar-refractivity contribution in [1.29, 1.82) is 0 Å². The topological polar surface area (TPSA) is 49.3 Å². The Kier molecular flexibility index (Phi) is 3.84. The molecule has 3 nitrogen and oxygen atoms in total. The monoisotopic (exact) mass is 253 g/mol. The standard InChI is InChI=1S/C13H19NO2S/c1-3-4-9-5-12(17-8(9)2)13(16)14-10-6-11(15)7-10/h5,10-11,15H,3-4,6-7H2,1-2H3,(H,14,16). The van der Waals surface area contributed by atoms with Gasteiger partial charge in [-0.3, -0.25) is 4.79 Å². The fourth-order valence-electron chi connectivity index (χ4n) is 2.11. The number of carbonyl (C=O) groups excluding carboxylic acids is 1. The molecule has 0 aliphatic heterocycles. The number of carbonyl (C=O) groups is 1. The van der Waals surface area contributed by atoms with Crippen LogP contribution in [0.3, 0.4) is 0 Å². The van der Waals surface area contributed by atoms with Gasteiger partial charge in [0.15, 0.2) is 0 Å². The summed E-state index contributed by atoms with van der Waals surface area (Å²) in [4.78, 5) is 14.0. The molecule has 0 aromatic carbocycles. The van der Waals surface area contributed by atoms with E-state index in [1.54, 1.807) is 11.3 Å². The molecule has 2 rings (SSSR count). The molecule has 17 heavy (non-hydrogen) atoms. The molecule has 2 N–H and O–H groups in total. The van der Waals surface area contributed by atoms with Crippen molar-refractivity contribution < 1.29 is 9.90 Å². The van der Waals surface area contributed by atoms with Crippen molar-refractivity contribution in [2.75, 3.05) is 0 Å². The SMILES string of the molecule is CCCc1cc(C(=O)NC2CC(O)C2)sc1C. The zero-order chi connectivity index (χ0) is 12.4. The predicted molar refractivity (Wildman–Crippen MR) is 69.5 cm³/mol. The summed E-state index contributed by atoms with van der Waals surface area (Å²) in [7, 11) is 0. The maximum absolute atomic E-state index is 11.9. The summed E-state index contributed by atoms with van der Waals surface area (Å²) < 4.78 is 0. The van der Waals surface area contributed by atoms with Crippen LogP contribution in [-0.2, 0) is 6.42 Å². The first kappa shape index (κ1) is 12.6. The van der Waals surface area contributed by atoms with Gasteiger partial charge in [-0.2, -0.15) is 0 Å². The number of aliphatic hydroxyl groups excluding tert-OH is 1. The lowest BCUT2D eigenvalue weighted by Crippen LogP contribution is -2.46. The summed E-state index contributed by atoms with van der Waals surface area (Å²) in [5.74, 6) is 0.0114. The number of amides is 1. The minimum Gasteiger partial charge on any atom is -0.393 e. The average Bonchev–Trinajstić information content (AvgIpc) is 2.59. The molecule has 0 unspecified atom stereocenters. The highest BCUT2D eigenvalue weighted by Gasteiger charge is 2.29. The van der Waals surface area contributed by atoms with Crippen molar-refractivity contribution in [2.45, 2.75) is 51.7 Å². The van der Waals surface area contributed by atoms with Gasteiger partial charge in [-0.1, -0.05) is 13.3 Å². The Balaban J connectivity index is 1.96. The molecule has 1 fully saturated rings. The van der Waals surface area contributed by atoms with Crippen molar-refractivity contribution >= 4 is 17.2 Å². The van der Waals surface area contributed by atoms with Crippen LogP contribution in [0.2, 0.25) is 0 Å². The molecule has 1 saturated carbocycles. The van der Waals surface area contributed by atoms with Crippen molar-refractivity contribution in [3.05, 3.63) is 21.4 Å². The van der Waals surface area contributed by atoms with E-state index >= 15 is 0 Å². The highest BCUT2D eigenvalue weighted by Crippen LogP contribution is 2.24. The Labute approximate surface area is 106 Å². The van der Waals surface area contributed by atoms with E-state index in [2.05, 4.69) is 19.2 Å². The van der Waals surface area contributed by atoms with E-state index in [-0.39, 0.29) is 18.1 Å². The molecule has 94 valence electrons. The van der Waals surface area contributed by atoms with E-state index in [4.69, 9.17) is 0 Å². The van der Waals surface area contributed by atoms with Crippen LogP contribution in [0, 0.1) is 6.92 Å². The number of rotatable bonds is 4.